The summed E-state index contributed by atoms with van der Waals surface area (Å²) < 4.78 is 12.8. The Morgan fingerprint density at radius 1 is 0.286 bits per heavy atom. The number of benzene rings is 7. The predicted octanol–water partition coefficient (Wildman–Crippen LogP) is 13.1. The fraction of sp³-hybridized carbons (Fsp3) is 0. The molecule has 0 atom stereocenters. The van der Waals surface area contributed by atoms with Crippen LogP contribution in [0.1, 0.15) is 0 Å². The van der Waals surface area contributed by atoms with Gasteiger partial charge in [0, 0.05) is 33.0 Å². The molecule has 4 aromatic heterocycles. The van der Waals surface area contributed by atoms with Crippen LogP contribution in [0.3, 0.4) is 0 Å². The highest BCUT2D eigenvalue weighted by Gasteiger charge is 2.24. The number of hydrogen-bond donors (Lipinski definition) is 0. The summed E-state index contributed by atoms with van der Waals surface area (Å²) in [6, 6.07) is 61.8. The Balaban J connectivity index is 1.16. The normalized spacial score (nSPS) is 11.6. The van der Waals surface area contributed by atoms with E-state index < -0.39 is 0 Å². The van der Waals surface area contributed by atoms with Crippen LogP contribution in [-0.4, -0.2) is 19.9 Å². The molecule has 0 unspecified atom stereocenters. The average molecular weight is 719 g/mol. The largest absolute Gasteiger partial charge is 0.438 e. The lowest BCUT2D eigenvalue weighted by molar-refractivity contribution is 0.653. The van der Waals surface area contributed by atoms with E-state index in [1.807, 2.05) is 97.1 Å². The molecule has 0 aliphatic carbocycles. The molecule has 0 fully saturated rings. The second-order valence-electron chi connectivity index (χ2n) is 13.7. The van der Waals surface area contributed by atoms with E-state index in [2.05, 4.69) is 84.9 Å². The Morgan fingerprint density at radius 2 is 0.607 bits per heavy atom. The summed E-state index contributed by atoms with van der Waals surface area (Å²) >= 11 is 0. The van der Waals surface area contributed by atoms with Crippen molar-refractivity contribution in [3.8, 4) is 67.5 Å². The third kappa shape index (κ3) is 5.19. The van der Waals surface area contributed by atoms with Crippen molar-refractivity contribution in [3.63, 3.8) is 0 Å². The molecule has 7 aromatic carbocycles. The molecule has 11 rings (SSSR count). The molecule has 0 saturated heterocycles. The Morgan fingerprint density at radius 3 is 1.02 bits per heavy atom. The van der Waals surface area contributed by atoms with Crippen LogP contribution >= 0.6 is 0 Å². The second-order valence-corrected chi connectivity index (χ2v) is 13.7. The highest BCUT2D eigenvalue weighted by Crippen LogP contribution is 2.45. The number of furan rings is 2. The van der Waals surface area contributed by atoms with Crippen molar-refractivity contribution < 1.29 is 8.83 Å². The molecule has 0 N–H and O–H groups in total. The molecule has 56 heavy (non-hydrogen) atoms. The zero-order valence-electron chi connectivity index (χ0n) is 29.9. The van der Waals surface area contributed by atoms with Crippen LogP contribution in [-0.2, 0) is 0 Å². The lowest BCUT2D eigenvalue weighted by Crippen LogP contribution is -1.97. The first kappa shape index (κ1) is 31.8. The van der Waals surface area contributed by atoms with E-state index in [0.717, 1.165) is 88.6 Å². The molecule has 262 valence electrons. The van der Waals surface area contributed by atoms with Gasteiger partial charge in [-0.25, -0.2) is 9.97 Å². The van der Waals surface area contributed by atoms with Gasteiger partial charge in [0.25, 0.3) is 0 Å². The number of hydrogen-bond acceptors (Lipinski definition) is 6. The number of aromatic nitrogens is 4. The van der Waals surface area contributed by atoms with Crippen molar-refractivity contribution in [2.75, 3.05) is 0 Å². The number of nitrogens with zero attached hydrogens (tertiary/aromatic N) is 4. The molecular weight excluding hydrogens is 689 g/mol. The molecule has 0 aliphatic heterocycles. The van der Waals surface area contributed by atoms with Gasteiger partial charge in [-0.05, 0) is 34.4 Å². The van der Waals surface area contributed by atoms with Gasteiger partial charge in [0.2, 0.25) is 11.4 Å². The maximum Gasteiger partial charge on any atom is 0.231 e. The van der Waals surface area contributed by atoms with E-state index in [0.29, 0.717) is 23.1 Å². The number of rotatable bonds is 6. The van der Waals surface area contributed by atoms with E-state index in [1.165, 1.54) is 0 Å². The summed E-state index contributed by atoms with van der Waals surface area (Å²) in [5.74, 6) is 1.21. The fourth-order valence-electron chi connectivity index (χ4n) is 7.87. The van der Waals surface area contributed by atoms with Crippen LogP contribution in [0.5, 0.6) is 0 Å². The van der Waals surface area contributed by atoms with Crippen molar-refractivity contribution in [3.05, 3.63) is 182 Å². The third-order valence-corrected chi connectivity index (χ3v) is 10.4. The smallest absolute Gasteiger partial charge is 0.231 e. The topological polar surface area (TPSA) is 77.8 Å². The Bertz CT molecular complexity index is 3040. The van der Waals surface area contributed by atoms with Crippen LogP contribution < -0.4 is 0 Å². The van der Waals surface area contributed by atoms with Crippen molar-refractivity contribution in [2.24, 2.45) is 0 Å². The lowest BCUT2D eigenvalue weighted by atomic mass is 9.87. The maximum atomic E-state index is 6.41. The van der Waals surface area contributed by atoms with Crippen LogP contribution in [0.25, 0.3) is 112 Å². The lowest BCUT2D eigenvalue weighted by Gasteiger charge is -2.17. The molecule has 4 heterocycles. The van der Waals surface area contributed by atoms with E-state index in [1.54, 1.807) is 0 Å². The Kier molecular flexibility index (Phi) is 7.38. The van der Waals surface area contributed by atoms with Crippen LogP contribution in [0.2, 0.25) is 0 Å². The Labute approximate surface area is 321 Å². The monoisotopic (exact) mass is 718 g/mol. The molecule has 0 aliphatic rings. The van der Waals surface area contributed by atoms with Gasteiger partial charge in [-0.2, -0.15) is 9.97 Å². The van der Waals surface area contributed by atoms with Crippen LogP contribution in [0, 0.1) is 0 Å². The van der Waals surface area contributed by atoms with Crippen LogP contribution in [0.4, 0.5) is 0 Å². The standard InChI is InChI=1S/C50H30N4O2/c1-3-17-31(18-4-1)47-51-45(43-39-27-13-15-29-41(39)55-49(43)53-47)37-25-11-9-23-35(37)33-21-7-8-22-34(33)36-24-10-12-26-38(36)46-44-40-28-14-16-30-42(40)56-50(44)54-48(52-46)32-19-5-2-6-20-32/h1-30H. The minimum absolute atomic E-state index is 0.554. The van der Waals surface area contributed by atoms with Crippen molar-refractivity contribution in [1.82, 2.24) is 19.9 Å². The molecule has 0 bridgehead atoms. The van der Waals surface area contributed by atoms with E-state index in [-0.39, 0.29) is 0 Å². The highest BCUT2D eigenvalue weighted by molar-refractivity contribution is 6.14. The van der Waals surface area contributed by atoms with E-state index in [4.69, 9.17) is 28.8 Å². The van der Waals surface area contributed by atoms with Crippen LogP contribution in [0.15, 0.2) is 191 Å². The van der Waals surface area contributed by atoms with Gasteiger partial charge in [0.1, 0.15) is 11.2 Å². The summed E-state index contributed by atoms with van der Waals surface area (Å²) in [5, 5.41) is 3.71. The minimum Gasteiger partial charge on any atom is -0.438 e. The van der Waals surface area contributed by atoms with Gasteiger partial charge in [0.05, 0.1) is 22.2 Å². The SMILES string of the molecule is c1ccc(-c2nc(-c3ccccc3-c3ccccc3-c3ccccc3-c3nc(-c4ccccc4)nc4oc5ccccc5c34)c3c(n2)oc2ccccc23)cc1. The zero-order valence-corrected chi connectivity index (χ0v) is 29.9. The molecule has 0 saturated carbocycles. The first-order valence-electron chi connectivity index (χ1n) is 18.6. The number of fused-ring (bicyclic) bond motifs is 6. The van der Waals surface area contributed by atoms with Crippen molar-refractivity contribution in [2.45, 2.75) is 0 Å². The van der Waals surface area contributed by atoms with Gasteiger partial charge in [-0.15, -0.1) is 0 Å². The minimum atomic E-state index is 0.554. The molecule has 6 heteroatoms. The highest BCUT2D eigenvalue weighted by atomic mass is 16.3. The molecule has 6 nitrogen and oxygen atoms in total. The van der Waals surface area contributed by atoms with Gasteiger partial charge in [-0.3, -0.25) is 0 Å². The summed E-state index contributed by atoms with van der Waals surface area (Å²) in [6.45, 7) is 0. The fourth-order valence-corrected chi connectivity index (χ4v) is 7.87. The Hall–Kier alpha value is -7.70. The molecule has 0 spiro atoms. The van der Waals surface area contributed by atoms with Gasteiger partial charge < -0.3 is 8.83 Å². The van der Waals surface area contributed by atoms with Gasteiger partial charge in [-0.1, -0.05) is 170 Å². The average Bonchev–Trinajstić information content (AvgIpc) is 3.85. The van der Waals surface area contributed by atoms with Crippen molar-refractivity contribution in [1.29, 1.82) is 0 Å². The summed E-state index contributed by atoms with van der Waals surface area (Å²) in [7, 11) is 0. The predicted molar refractivity (Wildman–Crippen MR) is 225 cm³/mol. The quantitative estimate of drug-likeness (QED) is 0.170. The summed E-state index contributed by atoms with van der Waals surface area (Å²) in [5.41, 5.74) is 12.2. The molecule has 11 aromatic rings. The van der Waals surface area contributed by atoms with Gasteiger partial charge in [0.15, 0.2) is 11.6 Å². The maximum absolute atomic E-state index is 6.41. The van der Waals surface area contributed by atoms with E-state index in [9.17, 15) is 0 Å². The third-order valence-electron chi connectivity index (χ3n) is 10.4. The van der Waals surface area contributed by atoms with Crippen molar-refractivity contribution >= 4 is 44.1 Å². The molecule has 0 amide bonds. The zero-order chi connectivity index (χ0) is 37.0. The second kappa shape index (κ2) is 13.0. The summed E-state index contributed by atoms with van der Waals surface area (Å²) in [6.07, 6.45) is 0. The number of para-hydroxylation sites is 2. The first-order chi connectivity index (χ1) is 27.8. The summed E-state index contributed by atoms with van der Waals surface area (Å²) in [4.78, 5) is 20.5. The van der Waals surface area contributed by atoms with Gasteiger partial charge >= 0.3 is 0 Å². The molecule has 0 radical (unpaired) electrons. The van der Waals surface area contributed by atoms with E-state index >= 15 is 0 Å². The first-order valence-corrected chi connectivity index (χ1v) is 18.6. The molecular formula is C50H30N4O2.